The molecule has 15 heavy (non-hydrogen) atoms. The minimum absolute atomic E-state index is 0.188. The van der Waals surface area contributed by atoms with Gasteiger partial charge in [-0.1, -0.05) is 45.0 Å². The van der Waals surface area contributed by atoms with Crippen molar-refractivity contribution in [2.75, 3.05) is 0 Å². The molecular weight excluding hydrogens is 182 g/mol. The van der Waals surface area contributed by atoms with Gasteiger partial charge >= 0.3 is 0 Å². The van der Waals surface area contributed by atoms with E-state index in [0.717, 1.165) is 0 Å². The molecule has 0 fully saturated rings. The average molecular weight is 199 g/mol. The van der Waals surface area contributed by atoms with Gasteiger partial charge in [0.05, 0.1) is 0 Å². The Morgan fingerprint density at radius 2 is 1.73 bits per heavy atom. The average Bonchev–Trinajstić information content (AvgIpc) is 2.69. The number of aromatic nitrogens is 1. The van der Waals surface area contributed by atoms with E-state index in [1.54, 1.807) is 0 Å². The minimum atomic E-state index is 0.188. The number of rotatable bonds is 1. The summed E-state index contributed by atoms with van der Waals surface area (Å²) in [6.07, 6.45) is 4.01. The van der Waals surface area contributed by atoms with E-state index in [1.165, 1.54) is 16.7 Å². The van der Waals surface area contributed by atoms with Crippen molar-refractivity contribution in [1.82, 2.24) is 4.98 Å². The molecule has 0 saturated heterocycles. The quantitative estimate of drug-likeness (QED) is 0.715. The number of benzene rings is 1. The number of H-pyrrole nitrogens is 1. The molecule has 0 atom stereocenters. The highest BCUT2D eigenvalue weighted by atomic mass is 14.6. The van der Waals surface area contributed by atoms with Crippen molar-refractivity contribution >= 4 is 0 Å². The van der Waals surface area contributed by atoms with Crippen LogP contribution >= 0.6 is 0 Å². The molecular formula is C14H17N. The summed E-state index contributed by atoms with van der Waals surface area (Å²) in [4.78, 5) is 3.11. The maximum absolute atomic E-state index is 3.11. The van der Waals surface area contributed by atoms with Crippen molar-refractivity contribution in [2.45, 2.75) is 26.2 Å². The van der Waals surface area contributed by atoms with E-state index in [9.17, 15) is 0 Å². The summed E-state index contributed by atoms with van der Waals surface area (Å²) in [7, 11) is 0. The topological polar surface area (TPSA) is 15.8 Å². The first-order valence-corrected chi connectivity index (χ1v) is 5.32. The Labute approximate surface area is 91.2 Å². The predicted octanol–water partition coefficient (Wildman–Crippen LogP) is 3.98. The molecule has 0 saturated carbocycles. The fourth-order valence-electron chi connectivity index (χ4n) is 1.88. The van der Waals surface area contributed by atoms with E-state index in [-0.39, 0.29) is 5.41 Å². The van der Waals surface area contributed by atoms with Crippen LogP contribution in [0.15, 0.2) is 42.7 Å². The Morgan fingerprint density at radius 1 is 1.00 bits per heavy atom. The third kappa shape index (κ3) is 1.96. The molecule has 0 unspecified atom stereocenters. The lowest BCUT2D eigenvalue weighted by Crippen LogP contribution is -2.12. The second-order valence-electron chi connectivity index (χ2n) is 4.90. The molecule has 0 aliphatic rings. The van der Waals surface area contributed by atoms with E-state index in [0.29, 0.717) is 0 Å². The summed E-state index contributed by atoms with van der Waals surface area (Å²) in [6, 6.07) is 10.7. The lowest BCUT2D eigenvalue weighted by Gasteiger charge is -2.22. The Kier molecular flexibility index (Phi) is 2.39. The fraction of sp³-hybridized carbons (Fsp3) is 0.286. The Hall–Kier alpha value is -1.50. The zero-order chi connectivity index (χ0) is 10.9. The van der Waals surface area contributed by atoms with E-state index in [1.807, 2.05) is 12.4 Å². The fourth-order valence-corrected chi connectivity index (χ4v) is 1.88. The van der Waals surface area contributed by atoms with Crippen molar-refractivity contribution in [2.24, 2.45) is 0 Å². The summed E-state index contributed by atoms with van der Waals surface area (Å²) in [5.41, 5.74) is 4.17. The highest BCUT2D eigenvalue weighted by Crippen LogP contribution is 2.32. The number of hydrogen-bond donors (Lipinski definition) is 1. The largest absolute Gasteiger partial charge is 0.367 e. The molecule has 1 aromatic heterocycles. The number of hydrogen-bond acceptors (Lipinski definition) is 0. The molecule has 0 spiro atoms. The zero-order valence-corrected chi connectivity index (χ0v) is 9.54. The molecule has 0 aliphatic heterocycles. The molecule has 0 amide bonds. The van der Waals surface area contributed by atoms with Crippen molar-refractivity contribution < 1.29 is 0 Å². The third-order valence-corrected chi connectivity index (χ3v) is 2.64. The summed E-state index contributed by atoms with van der Waals surface area (Å²) < 4.78 is 0. The monoisotopic (exact) mass is 199 g/mol. The molecule has 0 bridgehead atoms. The molecule has 1 heterocycles. The molecule has 0 aliphatic carbocycles. The van der Waals surface area contributed by atoms with Crippen molar-refractivity contribution in [3.05, 3.63) is 48.3 Å². The maximum atomic E-state index is 3.11. The number of nitrogens with one attached hydrogen (secondary N) is 1. The van der Waals surface area contributed by atoms with E-state index in [4.69, 9.17) is 0 Å². The predicted molar refractivity (Wildman–Crippen MR) is 64.9 cm³/mol. The van der Waals surface area contributed by atoms with Crippen LogP contribution in [0.1, 0.15) is 26.3 Å². The van der Waals surface area contributed by atoms with Crippen LogP contribution in [0, 0.1) is 0 Å². The van der Waals surface area contributed by atoms with Gasteiger partial charge in [0.1, 0.15) is 0 Å². The lowest BCUT2D eigenvalue weighted by molar-refractivity contribution is 0.592. The minimum Gasteiger partial charge on any atom is -0.367 e. The van der Waals surface area contributed by atoms with Crippen LogP contribution < -0.4 is 0 Å². The van der Waals surface area contributed by atoms with Gasteiger partial charge in [-0.2, -0.15) is 0 Å². The van der Waals surface area contributed by atoms with Gasteiger partial charge in [-0.3, -0.25) is 0 Å². The van der Waals surface area contributed by atoms with Crippen molar-refractivity contribution in [3.8, 4) is 11.1 Å². The van der Waals surface area contributed by atoms with E-state index in [2.05, 4.69) is 56.1 Å². The van der Waals surface area contributed by atoms with Gasteiger partial charge < -0.3 is 4.98 Å². The standard InChI is InChI=1S/C14H17N/c1-14(2,3)13-7-5-4-6-12(13)11-8-9-15-10-11/h4-10,15H,1-3H3. The molecule has 78 valence electrons. The Morgan fingerprint density at radius 3 is 2.33 bits per heavy atom. The van der Waals surface area contributed by atoms with Crippen LogP contribution in [0.3, 0.4) is 0 Å². The van der Waals surface area contributed by atoms with Gasteiger partial charge in [0.25, 0.3) is 0 Å². The van der Waals surface area contributed by atoms with Gasteiger partial charge in [0.15, 0.2) is 0 Å². The second kappa shape index (κ2) is 3.58. The summed E-state index contributed by atoms with van der Waals surface area (Å²) in [6.45, 7) is 6.75. The van der Waals surface area contributed by atoms with Gasteiger partial charge in [-0.15, -0.1) is 0 Å². The van der Waals surface area contributed by atoms with Gasteiger partial charge in [0.2, 0.25) is 0 Å². The first-order chi connectivity index (χ1) is 7.09. The van der Waals surface area contributed by atoms with Crippen LogP contribution in [0.25, 0.3) is 11.1 Å². The SMILES string of the molecule is CC(C)(C)c1ccccc1-c1cc[nH]c1. The van der Waals surface area contributed by atoms with Gasteiger partial charge in [-0.05, 0) is 28.2 Å². The van der Waals surface area contributed by atoms with Crippen LogP contribution in [0.5, 0.6) is 0 Å². The van der Waals surface area contributed by atoms with Gasteiger partial charge in [0, 0.05) is 12.4 Å². The summed E-state index contributed by atoms with van der Waals surface area (Å²) in [5.74, 6) is 0. The normalized spacial score (nSPS) is 11.7. The molecule has 1 aromatic carbocycles. The second-order valence-corrected chi connectivity index (χ2v) is 4.90. The highest BCUT2D eigenvalue weighted by molar-refractivity contribution is 5.68. The maximum Gasteiger partial charge on any atom is 0.00842 e. The third-order valence-electron chi connectivity index (χ3n) is 2.64. The molecule has 1 nitrogen and oxygen atoms in total. The molecule has 0 radical (unpaired) electrons. The molecule has 1 heteroatoms. The van der Waals surface area contributed by atoms with E-state index >= 15 is 0 Å². The Bertz CT molecular complexity index is 433. The van der Waals surface area contributed by atoms with Crippen molar-refractivity contribution in [3.63, 3.8) is 0 Å². The van der Waals surface area contributed by atoms with Crippen LogP contribution in [-0.2, 0) is 5.41 Å². The zero-order valence-electron chi connectivity index (χ0n) is 9.54. The first-order valence-electron chi connectivity index (χ1n) is 5.32. The van der Waals surface area contributed by atoms with Crippen LogP contribution in [0.2, 0.25) is 0 Å². The molecule has 2 aromatic rings. The van der Waals surface area contributed by atoms with Crippen LogP contribution in [-0.4, -0.2) is 4.98 Å². The first kappa shape index (κ1) is 10.0. The van der Waals surface area contributed by atoms with E-state index < -0.39 is 0 Å². The van der Waals surface area contributed by atoms with Gasteiger partial charge in [-0.25, -0.2) is 0 Å². The number of aromatic amines is 1. The highest BCUT2D eigenvalue weighted by Gasteiger charge is 2.17. The lowest BCUT2D eigenvalue weighted by atomic mass is 9.82. The summed E-state index contributed by atoms with van der Waals surface area (Å²) >= 11 is 0. The molecule has 2 rings (SSSR count). The smallest absolute Gasteiger partial charge is 0.00842 e. The molecule has 1 N–H and O–H groups in total. The summed E-state index contributed by atoms with van der Waals surface area (Å²) in [5, 5.41) is 0. The van der Waals surface area contributed by atoms with Crippen molar-refractivity contribution in [1.29, 1.82) is 0 Å². The van der Waals surface area contributed by atoms with Crippen LogP contribution in [0.4, 0.5) is 0 Å². The Balaban J connectivity index is 2.58.